The van der Waals surface area contributed by atoms with Crippen LogP contribution in [-0.2, 0) is 0 Å². The molecule has 7 heteroatoms. The van der Waals surface area contributed by atoms with Crippen LogP contribution in [0.25, 0.3) is 0 Å². The van der Waals surface area contributed by atoms with E-state index in [2.05, 4.69) is 26.2 Å². The smallest absolute Gasteiger partial charge is 0.337 e. The van der Waals surface area contributed by atoms with Gasteiger partial charge >= 0.3 is 5.97 Å². The number of carboxylic acids is 1. The Morgan fingerprint density at radius 1 is 1.47 bits per heavy atom. The standard InChI is InChI=1S/C12H9BrClN3O2/c13-10-7(14)2-1-3-9(10)17-11-8(15)4-6(5-16-11)12(18)19/h1-5H,15H2,(H,16,17)(H,18,19). The summed E-state index contributed by atoms with van der Waals surface area (Å²) in [5, 5.41) is 12.4. The highest BCUT2D eigenvalue weighted by Crippen LogP contribution is 2.32. The first-order valence-corrected chi connectivity index (χ1v) is 6.36. The van der Waals surface area contributed by atoms with Crippen molar-refractivity contribution in [3.63, 3.8) is 0 Å². The maximum Gasteiger partial charge on any atom is 0.337 e. The molecule has 19 heavy (non-hydrogen) atoms. The summed E-state index contributed by atoms with van der Waals surface area (Å²) < 4.78 is 0.681. The normalized spacial score (nSPS) is 10.2. The third-order valence-electron chi connectivity index (χ3n) is 2.37. The highest BCUT2D eigenvalue weighted by atomic mass is 79.9. The predicted molar refractivity (Wildman–Crippen MR) is 78.0 cm³/mol. The molecule has 1 aromatic heterocycles. The Bertz CT molecular complexity index is 649. The molecular weight excluding hydrogens is 334 g/mol. The number of aromatic nitrogens is 1. The molecule has 0 radical (unpaired) electrons. The van der Waals surface area contributed by atoms with E-state index in [9.17, 15) is 4.79 Å². The molecule has 0 saturated heterocycles. The van der Waals surface area contributed by atoms with Crippen molar-refractivity contribution in [1.82, 2.24) is 4.98 Å². The van der Waals surface area contributed by atoms with Gasteiger partial charge in [0.05, 0.1) is 26.4 Å². The van der Waals surface area contributed by atoms with Gasteiger partial charge in [0.25, 0.3) is 0 Å². The van der Waals surface area contributed by atoms with Crippen molar-refractivity contribution in [2.75, 3.05) is 11.1 Å². The van der Waals surface area contributed by atoms with Crippen LogP contribution in [0.3, 0.4) is 0 Å². The molecular formula is C12H9BrClN3O2. The van der Waals surface area contributed by atoms with Crippen LogP contribution in [0.5, 0.6) is 0 Å². The van der Waals surface area contributed by atoms with Crippen molar-refractivity contribution in [3.8, 4) is 0 Å². The van der Waals surface area contributed by atoms with Crippen molar-refractivity contribution in [3.05, 3.63) is 45.5 Å². The quantitative estimate of drug-likeness (QED) is 0.794. The average molecular weight is 343 g/mol. The summed E-state index contributed by atoms with van der Waals surface area (Å²) in [6.45, 7) is 0. The number of hydrogen-bond donors (Lipinski definition) is 3. The topological polar surface area (TPSA) is 88.2 Å². The molecule has 1 heterocycles. The molecule has 2 rings (SSSR count). The fraction of sp³-hybridized carbons (Fsp3) is 0. The van der Waals surface area contributed by atoms with Gasteiger partial charge in [-0.05, 0) is 34.1 Å². The SMILES string of the molecule is Nc1cc(C(=O)O)cnc1Nc1cccc(Cl)c1Br. The van der Waals surface area contributed by atoms with Crippen LogP contribution in [0.4, 0.5) is 17.2 Å². The molecule has 0 fully saturated rings. The Labute approximate surface area is 122 Å². The lowest BCUT2D eigenvalue weighted by atomic mass is 10.2. The van der Waals surface area contributed by atoms with E-state index in [4.69, 9.17) is 22.4 Å². The van der Waals surface area contributed by atoms with Crippen LogP contribution in [-0.4, -0.2) is 16.1 Å². The van der Waals surface area contributed by atoms with E-state index in [-0.39, 0.29) is 11.3 Å². The number of benzene rings is 1. The van der Waals surface area contributed by atoms with Gasteiger partial charge in [0.1, 0.15) is 0 Å². The fourth-order valence-electron chi connectivity index (χ4n) is 1.43. The number of nitrogens with one attached hydrogen (secondary N) is 1. The lowest BCUT2D eigenvalue weighted by Crippen LogP contribution is -2.04. The van der Waals surface area contributed by atoms with E-state index in [1.807, 2.05) is 0 Å². The molecule has 0 bridgehead atoms. The van der Waals surface area contributed by atoms with Crippen molar-refractivity contribution >= 4 is 50.7 Å². The van der Waals surface area contributed by atoms with Crippen molar-refractivity contribution in [2.24, 2.45) is 0 Å². The van der Waals surface area contributed by atoms with Gasteiger partial charge in [-0.1, -0.05) is 17.7 Å². The van der Waals surface area contributed by atoms with Gasteiger partial charge < -0.3 is 16.2 Å². The Morgan fingerprint density at radius 3 is 2.84 bits per heavy atom. The summed E-state index contributed by atoms with van der Waals surface area (Å²) in [4.78, 5) is 14.8. The third kappa shape index (κ3) is 2.97. The number of anilines is 3. The van der Waals surface area contributed by atoms with Crippen LogP contribution in [0.1, 0.15) is 10.4 Å². The minimum atomic E-state index is -1.07. The van der Waals surface area contributed by atoms with Crippen LogP contribution < -0.4 is 11.1 Å². The number of carboxylic acid groups (broad SMARTS) is 1. The zero-order valence-corrected chi connectivity index (χ0v) is 11.9. The van der Waals surface area contributed by atoms with E-state index in [0.717, 1.165) is 0 Å². The Hall–Kier alpha value is -1.79. The van der Waals surface area contributed by atoms with Gasteiger partial charge in [0, 0.05) is 6.20 Å². The average Bonchev–Trinajstić information content (AvgIpc) is 2.37. The van der Waals surface area contributed by atoms with E-state index in [1.54, 1.807) is 18.2 Å². The molecule has 0 spiro atoms. The Morgan fingerprint density at radius 2 is 2.21 bits per heavy atom. The van der Waals surface area contributed by atoms with Gasteiger partial charge in [0.2, 0.25) is 0 Å². The summed E-state index contributed by atoms with van der Waals surface area (Å²) in [6.07, 6.45) is 1.24. The number of aromatic carboxylic acids is 1. The lowest BCUT2D eigenvalue weighted by molar-refractivity contribution is 0.0696. The van der Waals surface area contributed by atoms with Crippen LogP contribution in [0.15, 0.2) is 34.9 Å². The first kappa shape index (κ1) is 13.6. The molecule has 0 saturated carbocycles. The van der Waals surface area contributed by atoms with Crippen molar-refractivity contribution < 1.29 is 9.90 Å². The summed E-state index contributed by atoms with van der Waals surface area (Å²) in [5.41, 5.74) is 6.73. The second-order valence-electron chi connectivity index (χ2n) is 3.69. The van der Waals surface area contributed by atoms with Crippen molar-refractivity contribution in [1.29, 1.82) is 0 Å². The minimum Gasteiger partial charge on any atom is -0.478 e. The largest absolute Gasteiger partial charge is 0.478 e. The summed E-state index contributed by atoms with van der Waals surface area (Å²) in [7, 11) is 0. The minimum absolute atomic E-state index is 0.0354. The number of carbonyl (C=O) groups is 1. The van der Waals surface area contributed by atoms with E-state index >= 15 is 0 Å². The number of nitrogen functional groups attached to an aromatic ring is 1. The number of pyridine rings is 1. The highest BCUT2D eigenvalue weighted by molar-refractivity contribution is 9.10. The zero-order chi connectivity index (χ0) is 14.0. The summed E-state index contributed by atoms with van der Waals surface area (Å²) in [6, 6.07) is 6.65. The molecule has 0 unspecified atom stereocenters. The second kappa shape index (κ2) is 5.46. The maximum atomic E-state index is 10.8. The maximum absolute atomic E-state index is 10.8. The highest BCUT2D eigenvalue weighted by Gasteiger charge is 2.10. The molecule has 5 nitrogen and oxygen atoms in total. The molecule has 1 aromatic carbocycles. The number of nitrogens with zero attached hydrogens (tertiary/aromatic N) is 1. The number of hydrogen-bond acceptors (Lipinski definition) is 4. The first-order chi connectivity index (χ1) is 8.99. The third-order valence-corrected chi connectivity index (χ3v) is 3.77. The second-order valence-corrected chi connectivity index (χ2v) is 4.89. The zero-order valence-electron chi connectivity index (χ0n) is 9.52. The fourth-order valence-corrected chi connectivity index (χ4v) is 1.97. The van der Waals surface area contributed by atoms with E-state index < -0.39 is 5.97 Å². The summed E-state index contributed by atoms with van der Waals surface area (Å²) in [5.74, 6) is -0.706. The molecule has 4 N–H and O–H groups in total. The number of rotatable bonds is 3. The van der Waals surface area contributed by atoms with Crippen LogP contribution >= 0.6 is 27.5 Å². The van der Waals surface area contributed by atoms with Gasteiger partial charge in [-0.25, -0.2) is 9.78 Å². The molecule has 0 amide bonds. The summed E-state index contributed by atoms with van der Waals surface area (Å²) >= 11 is 9.31. The van der Waals surface area contributed by atoms with Gasteiger partial charge in [-0.2, -0.15) is 0 Å². The van der Waals surface area contributed by atoms with Crippen LogP contribution in [0.2, 0.25) is 5.02 Å². The number of nitrogens with two attached hydrogens (primary N) is 1. The Balaban J connectivity index is 2.34. The van der Waals surface area contributed by atoms with E-state index in [0.29, 0.717) is 21.0 Å². The first-order valence-electron chi connectivity index (χ1n) is 5.19. The van der Waals surface area contributed by atoms with E-state index in [1.165, 1.54) is 12.3 Å². The molecule has 98 valence electrons. The molecule has 0 atom stereocenters. The van der Waals surface area contributed by atoms with Gasteiger partial charge in [-0.3, -0.25) is 0 Å². The van der Waals surface area contributed by atoms with Crippen LogP contribution in [0, 0.1) is 0 Å². The number of halogens is 2. The molecule has 0 aliphatic carbocycles. The Kier molecular flexibility index (Phi) is 3.92. The van der Waals surface area contributed by atoms with Gasteiger partial charge in [0.15, 0.2) is 5.82 Å². The van der Waals surface area contributed by atoms with Crippen molar-refractivity contribution in [2.45, 2.75) is 0 Å². The predicted octanol–water partition coefficient (Wildman–Crippen LogP) is 3.52. The molecule has 2 aromatic rings. The molecule has 0 aliphatic rings. The molecule has 0 aliphatic heterocycles. The lowest BCUT2D eigenvalue weighted by Gasteiger charge is -2.11. The monoisotopic (exact) mass is 341 g/mol. The van der Waals surface area contributed by atoms with Gasteiger partial charge in [-0.15, -0.1) is 0 Å².